The van der Waals surface area contributed by atoms with Gasteiger partial charge < -0.3 is 20.8 Å². The van der Waals surface area contributed by atoms with Crippen LogP contribution in [-0.4, -0.2) is 27.5 Å². The van der Waals surface area contributed by atoms with Gasteiger partial charge in [-0.05, 0) is 17.9 Å². The topological polar surface area (TPSA) is 113 Å². The van der Waals surface area contributed by atoms with Crippen LogP contribution in [0.25, 0.3) is 0 Å². The molecule has 1 aromatic carbocycles. The van der Waals surface area contributed by atoms with Crippen LogP contribution in [0, 0.1) is 5.92 Å². The third-order valence-corrected chi connectivity index (χ3v) is 4.37. The molecule has 0 bridgehead atoms. The smallest absolute Gasteiger partial charge is 0.340 e. The van der Waals surface area contributed by atoms with Crippen LogP contribution < -0.4 is 11.1 Å². The first kappa shape index (κ1) is 16.9. The van der Waals surface area contributed by atoms with Crippen LogP contribution in [0.1, 0.15) is 19.4 Å². The predicted molar refractivity (Wildman–Crippen MR) is 76.9 cm³/mol. The summed E-state index contributed by atoms with van der Waals surface area (Å²) in [5.41, 5.74) is 6.67. The van der Waals surface area contributed by atoms with Crippen LogP contribution in [-0.2, 0) is 15.8 Å². The Balaban J connectivity index is 2.67. The van der Waals surface area contributed by atoms with E-state index in [0.717, 1.165) is 5.56 Å². The first-order valence-corrected chi connectivity index (χ1v) is 8.05. The largest absolute Gasteiger partial charge is 0.347 e. The van der Waals surface area contributed by atoms with E-state index >= 15 is 0 Å². The highest BCUT2D eigenvalue weighted by Gasteiger charge is 2.34. The Labute approximate surface area is 118 Å². The maximum absolute atomic E-state index is 11.9. The van der Waals surface area contributed by atoms with Crippen molar-refractivity contribution in [3.05, 3.63) is 35.9 Å². The fourth-order valence-electron chi connectivity index (χ4n) is 1.85. The van der Waals surface area contributed by atoms with E-state index in [-0.39, 0.29) is 5.92 Å². The molecule has 0 radical (unpaired) electrons. The van der Waals surface area contributed by atoms with Gasteiger partial charge >= 0.3 is 7.60 Å². The van der Waals surface area contributed by atoms with E-state index in [9.17, 15) is 19.1 Å². The summed E-state index contributed by atoms with van der Waals surface area (Å²) in [6.45, 7) is 3.26. The van der Waals surface area contributed by atoms with Crippen molar-refractivity contribution < 1.29 is 19.1 Å². The molecule has 5 N–H and O–H groups in total. The van der Waals surface area contributed by atoms with Gasteiger partial charge in [0, 0.05) is 0 Å². The number of carbonyl (C=O) groups is 1. The average molecular weight is 300 g/mol. The second-order valence-electron chi connectivity index (χ2n) is 5.08. The van der Waals surface area contributed by atoms with Gasteiger partial charge in [-0.25, -0.2) is 0 Å². The van der Waals surface area contributed by atoms with E-state index in [4.69, 9.17) is 5.73 Å². The summed E-state index contributed by atoms with van der Waals surface area (Å²) in [6.07, 6.45) is 0.318. The fraction of sp³-hybridized carbons (Fsp3) is 0.462. The average Bonchev–Trinajstić information content (AvgIpc) is 2.34. The van der Waals surface area contributed by atoms with Crippen LogP contribution in [0.15, 0.2) is 30.3 Å². The minimum absolute atomic E-state index is 0.318. The molecule has 0 aromatic heterocycles. The minimum atomic E-state index is -4.40. The SMILES string of the molecule is CC(C)C(NC(=O)[C@@H](N)Cc1ccccc1)P(=O)(O)O. The Bertz CT molecular complexity index is 486. The fourth-order valence-corrected chi connectivity index (χ4v) is 2.92. The van der Waals surface area contributed by atoms with Gasteiger partial charge in [0.05, 0.1) is 6.04 Å². The molecule has 20 heavy (non-hydrogen) atoms. The Morgan fingerprint density at radius 1 is 1.30 bits per heavy atom. The van der Waals surface area contributed by atoms with E-state index in [1.165, 1.54) is 0 Å². The molecule has 0 spiro atoms. The lowest BCUT2D eigenvalue weighted by molar-refractivity contribution is -0.122. The quantitative estimate of drug-likeness (QED) is 0.581. The first-order chi connectivity index (χ1) is 9.21. The number of rotatable bonds is 6. The van der Waals surface area contributed by atoms with Gasteiger partial charge in [0.2, 0.25) is 5.91 Å². The van der Waals surface area contributed by atoms with Crippen molar-refractivity contribution in [2.24, 2.45) is 11.7 Å². The van der Waals surface area contributed by atoms with E-state index < -0.39 is 25.3 Å². The van der Waals surface area contributed by atoms with Gasteiger partial charge in [0.1, 0.15) is 5.78 Å². The van der Waals surface area contributed by atoms with Gasteiger partial charge in [-0.3, -0.25) is 9.36 Å². The second kappa shape index (κ2) is 6.99. The molecule has 6 nitrogen and oxygen atoms in total. The lowest BCUT2D eigenvalue weighted by Crippen LogP contribution is -2.47. The van der Waals surface area contributed by atoms with E-state index in [1.807, 2.05) is 30.3 Å². The molecular weight excluding hydrogens is 279 g/mol. The highest BCUT2D eigenvalue weighted by Crippen LogP contribution is 2.43. The molecule has 7 heteroatoms. The Kier molecular flexibility index (Phi) is 5.89. The standard InChI is InChI=1S/C13H21N2O4P/c1-9(2)13(20(17,18)19)15-12(16)11(14)8-10-6-4-3-5-7-10/h3-7,9,11,13H,8,14H2,1-2H3,(H,15,16)(H2,17,18,19)/t11-,13?/m0/s1. The first-order valence-electron chi connectivity index (χ1n) is 6.37. The van der Waals surface area contributed by atoms with E-state index in [1.54, 1.807) is 13.8 Å². The number of hydrogen-bond acceptors (Lipinski definition) is 3. The molecule has 0 aliphatic rings. The zero-order chi connectivity index (χ0) is 15.3. The molecule has 0 fully saturated rings. The van der Waals surface area contributed by atoms with Crippen LogP contribution in [0.3, 0.4) is 0 Å². The highest BCUT2D eigenvalue weighted by atomic mass is 31.2. The molecule has 0 saturated heterocycles. The molecule has 0 aliphatic carbocycles. The van der Waals surface area contributed by atoms with Crippen molar-refractivity contribution in [1.82, 2.24) is 5.32 Å². The maximum Gasteiger partial charge on any atom is 0.347 e. The predicted octanol–water partition coefficient (Wildman–Crippen LogP) is 0.832. The molecule has 1 aromatic rings. The third-order valence-electron chi connectivity index (χ3n) is 2.92. The second-order valence-corrected chi connectivity index (χ2v) is 6.82. The number of hydrogen-bond donors (Lipinski definition) is 4. The van der Waals surface area contributed by atoms with Crippen molar-refractivity contribution in [3.63, 3.8) is 0 Å². The summed E-state index contributed by atoms with van der Waals surface area (Å²) in [5, 5.41) is 2.35. The lowest BCUT2D eigenvalue weighted by Gasteiger charge is -2.24. The molecule has 0 aliphatic heterocycles. The Morgan fingerprint density at radius 3 is 2.30 bits per heavy atom. The van der Waals surface area contributed by atoms with Crippen molar-refractivity contribution in [2.45, 2.75) is 32.1 Å². The van der Waals surface area contributed by atoms with Gasteiger partial charge in [-0.1, -0.05) is 44.2 Å². The summed E-state index contributed by atoms with van der Waals surface area (Å²) >= 11 is 0. The summed E-state index contributed by atoms with van der Waals surface area (Å²) in [6, 6.07) is 8.38. The van der Waals surface area contributed by atoms with Gasteiger partial charge in [-0.2, -0.15) is 0 Å². The maximum atomic E-state index is 11.9. The monoisotopic (exact) mass is 300 g/mol. The molecule has 2 atom stereocenters. The Morgan fingerprint density at radius 2 is 1.85 bits per heavy atom. The number of amides is 1. The minimum Gasteiger partial charge on any atom is -0.340 e. The zero-order valence-corrected chi connectivity index (χ0v) is 12.5. The summed E-state index contributed by atoms with van der Waals surface area (Å²) < 4.78 is 11.3. The summed E-state index contributed by atoms with van der Waals surface area (Å²) in [4.78, 5) is 30.4. The molecule has 112 valence electrons. The lowest BCUT2D eigenvalue weighted by atomic mass is 10.1. The normalized spacial score (nSPS) is 14.9. The van der Waals surface area contributed by atoms with Crippen LogP contribution in [0.4, 0.5) is 0 Å². The number of carbonyl (C=O) groups excluding carboxylic acids is 1. The molecule has 1 rings (SSSR count). The molecule has 1 amide bonds. The van der Waals surface area contributed by atoms with E-state index in [0.29, 0.717) is 6.42 Å². The van der Waals surface area contributed by atoms with Crippen molar-refractivity contribution >= 4 is 13.5 Å². The highest BCUT2D eigenvalue weighted by molar-refractivity contribution is 7.52. The van der Waals surface area contributed by atoms with Crippen LogP contribution >= 0.6 is 7.60 Å². The zero-order valence-electron chi connectivity index (χ0n) is 11.6. The number of nitrogens with two attached hydrogens (primary N) is 1. The third kappa shape index (κ3) is 5.06. The Hall–Kier alpha value is -1.20. The van der Waals surface area contributed by atoms with Crippen molar-refractivity contribution in [3.8, 4) is 0 Å². The number of nitrogens with one attached hydrogen (secondary N) is 1. The van der Waals surface area contributed by atoms with Crippen molar-refractivity contribution in [2.75, 3.05) is 0 Å². The molecule has 1 unspecified atom stereocenters. The molecular formula is C13H21N2O4P. The van der Waals surface area contributed by atoms with E-state index in [2.05, 4.69) is 5.32 Å². The molecule has 0 saturated carbocycles. The van der Waals surface area contributed by atoms with Gasteiger partial charge in [-0.15, -0.1) is 0 Å². The van der Waals surface area contributed by atoms with Crippen LogP contribution in [0.5, 0.6) is 0 Å². The summed E-state index contributed by atoms with van der Waals surface area (Å²) in [5.74, 6) is -2.16. The molecule has 0 heterocycles. The van der Waals surface area contributed by atoms with Crippen LogP contribution in [0.2, 0.25) is 0 Å². The van der Waals surface area contributed by atoms with Gasteiger partial charge in [0.15, 0.2) is 0 Å². The van der Waals surface area contributed by atoms with Gasteiger partial charge in [0.25, 0.3) is 0 Å². The summed E-state index contributed by atoms with van der Waals surface area (Å²) in [7, 11) is -4.40. The number of benzene rings is 1. The van der Waals surface area contributed by atoms with Crippen molar-refractivity contribution in [1.29, 1.82) is 0 Å².